The Morgan fingerprint density at radius 1 is 2.00 bits per heavy atom. The van der Waals surface area contributed by atoms with Gasteiger partial charge >= 0.3 is 48.7 Å². The van der Waals surface area contributed by atoms with Crippen molar-refractivity contribution < 1.29 is 0 Å². The Hall–Kier alpha value is -0.0105. The molecule has 0 bridgehead atoms. The summed E-state index contributed by atoms with van der Waals surface area (Å²) >= 11 is 0.527. The van der Waals surface area contributed by atoms with Crippen LogP contribution in [0.2, 0.25) is 5.32 Å². The number of rotatable bonds is 0. The Morgan fingerprint density at radius 2 is 2.71 bits per heavy atom. The maximum absolute atomic E-state index is 5.40. The molecule has 0 aliphatic carbocycles. The van der Waals surface area contributed by atoms with Gasteiger partial charge in [-0.3, -0.25) is 0 Å². The molecular weight excluding hydrogens is 155 g/mol. The van der Waals surface area contributed by atoms with E-state index in [1.807, 2.05) is 0 Å². The first-order valence-electron chi connectivity index (χ1n) is 2.25. The van der Waals surface area contributed by atoms with Crippen molar-refractivity contribution in [3.05, 3.63) is 0 Å². The van der Waals surface area contributed by atoms with Gasteiger partial charge in [-0.1, -0.05) is 0 Å². The van der Waals surface area contributed by atoms with Crippen LogP contribution in [0.3, 0.4) is 0 Å². The number of aliphatic imine (C=N–C) groups is 1. The Labute approximate surface area is 49.3 Å². The van der Waals surface area contributed by atoms with E-state index in [-0.39, 0.29) is 0 Å². The first-order valence-corrected chi connectivity index (χ1v) is 4.32. The van der Waals surface area contributed by atoms with Crippen LogP contribution in [0.4, 0.5) is 0 Å². The molecule has 0 aromatic heterocycles. The zero-order valence-corrected chi connectivity index (χ0v) is 5.93. The molecule has 0 fully saturated rings. The van der Waals surface area contributed by atoms with E-state index in [2.05, 4.69) is 11.9 Å². The normalized spacial score (nSPS) is 30.4. The van der Waals surface area contributed by atoms with Gasteiger partial charge in [0, 0.05) is 0 Å². The van der Waals surface area contributed by atoms with Crippen molar-refractivity contribution in [1.82, 2.24) is 0 Å². The zero-order valence-electron chi connectivity index (χ0n) is 4.22. The second kappa shape index (κ2) is 1.85. The molecule has 7 heavy (non-hydrogen) atoms. The van der Waals surface area contributed by atoms with Crippen LogP contribution in [0, 0.1) is 0 Å². The predicted octanol–water partition coefficient (Wildman–Crippen LogP) is -0.174. The zero-order chi connectivity index (χ0) is 5.28. The average Bonchev–Trinajstić information content (AvgIpc) is 1.87. The summed E-state index contributed by atoms with van der Waals surface area (Å²) in [5.74, 6) is 0. The summed E-state index contributed by atoms with van der Waals surface area (Å²) in [5, 5.41) is 1.21. The minimum atomic E-state index is 0.514. The van der Waals surface area contributed by atoms with Gasteiger partial charge in [-0.05, 0) is 0 Å². The van der Waals surface area contributed by atoms with E-state index < -0.39 is 0 Å². The van der Waals surface area contributed by atoms with Crippen LogP contribution >= 0.6 is 0 Å². The van der Waals surface area contributed by atoms with Crippen molar-refractivity contribution in [2.75, 3.05) is 0 Å². The summed E-state index contributed by atoms with van der Waals surface area (Å²) in [7, 11) is 0. The van der Waals surface area contributed by atoms with Gasteiger partial charge in [0.05, 0.1) is 0 Å². The number of amidine groups is 1. The quantitative estimate of drug-likeness (QED) is 0.494. The molecule has 0 saturated carbocycles. The fourth-order valence-electron chi connectivity index (χ4n) is 0.498. The van der Waals surface area contributed by atoms with Crippen LogP contribution in [0.25, 0.3) is 0 Å². The molecule has 0 saturated heterocycles. The van der Waals surface area contributed by atoms with Crippen molar-refractivity contribution >= 4 is 19.7 Å². The number of hydrogen-bond acceptors (Lipinski definition) is 2. The molecule has 3 heteroatoms. The first-order chi connectivity index (χ1) is 3.29. The van der Waals surface area contributed by atoms with Crippen molar-refractivity contribution in [2.24, 2.45) is 10.7 Å². The number of nitrogens with zero attached hydrogens (tertiary/aromatic N) is 1. The van der Waals surface area contributed by atoms with Gasteiger partial charge < -0.3 is 0 Å². The van der Waals surface area contributed by atoms with Gasteiger partial charge in [-0.15, -0.1) is 0 Å². The van der Waals surface area contributed by atoms with Gasteiger partial charge in [0.15, 0.2) is 0 Å². The van der Waals surface area contributed by atoms with E-state index in [0.717, 1.165) is 4.73 Å². The molecule has 0 radical (unpaired) electrons. The molecular formula is C4H8N2Se. The van der Waals surface area contributed by atoms with Crippen molar-refractivity contribution in [2.45, 2.75) is 18.3 Å². The molecule has 2 nitrogen and oxygen atoms in total. The molecule has 1 rings (SSSR count). The molecule has 0 unspecified atom stereocenters. The van der Waals surface area contributed by atoms with Crippen LogP contribution in [-0.4, -0.2) is 25.7 Å². The standard InChI is InChI=1S/C4H8N2Se/c1-3-2-7-4(5)6-3/h3H,2H2,1H3,(H2,5,6)/t3-/m1/s1. The molecule has 0 aromatic carbocycles. The molecule has 1 aliphatic rings. The first kappa shape index (κ1) is 5.13. The molecule has 1 aliphatic heterocycles. The van der Waals surface area contributed by atoms with Crippen molar-refractivity contribution in [1.29, 1.82) is 0 Å². The van der Waals surface area contributed by atoms with E-state index >= 15 is 0 Å². The van der Waals surface area contributed by atoms with Gasteiger partial charge in [0.25, 0.3) is 0 Å². The second-order valence-electron chi connectivity index (χ2n) is 1.63. The molecule has 40 valence electrons. The summed E-state index contributed by atoms with van der Waals surface area (Å²) in [4.78, 5) is 4.11. The molecule has 2 N–H and O–H groups in total. The van der Waals surface area contributed by atoms with E-state index in [0.29, 0.717) is 21.0 Å². The monoisotopic (exact) mass is 164 g/mol. The summed E-state index contributed by atoms with van der Waals surface area (Å²) in [5.41, 5.74) is 5.40. The van der Waals surface area contributed by atoms with E-state index in [1.54, 1.807) is 0 Å². The van der Waals surface area contributed by atoms with E-state index in [1.165, 1.54) is 5.32 Å². The third kappa shape index (κ3) is 1.18. The molecule has 0 aromatic rings. The topological polar surface area (TPSA) is 38.4 Å². The minimum absolute atomic E-state index is 0.514. The number of hydrogen-bond donors (Lipinski definition) is 1. The summed E-state index contributed by atoms with van der Waals surface area (Å²) in [6, 6.07) is 0.514. The SMILES string of the molecule is C[C@@H]1C[Se]C(N)=N1. The summed E-state index contributed by atoms with van der Waals surface area (Å²) in [6.45, 7) is 2.10. The Morgan fingerprint density at radius 3 is 2.86 bits per heavy atom. The van der Waals surface area contributed by atoms with Crippen LogP contribution in [-0.2, 0) is 0 Å². The van der Waals surface area contributed by atoms with Crippen LogP contribution in [0.1, 0.15) is 6.92 Å². The van der Waals surface area contributed by atoms with Crippen molar-refractivity contribution in [3.8, 4) is 0 Å². The second-order valence-corrected chi connectivity index (χ2v) is 3.81. The number of nitrogens with two attached hydrogens (primary N) is 1. The Bertz CT molecular complexity index is 99.9. The fourth-order valence-corrected chi connectivity index (χ4v) is 2.05. The summed E-state index contributed by atoms with van der Waals surface area (Å²) in [6.07, 6.45) is 0. The van der Waals surface area contributed by atoms with E-state index in [9.17, 15) is 0 Å². The summed E-state index contributed by atoms with van der Waals surface area (Å²) < 4.78 is 0.889. The van der Waals surface area contributed by atoms with Gasteiger partial charge in [0.1, 0.15) is 0 Å². The van der Waals surface area contributed by atoms with E-state index in [4.69, 9.17) is 5.73 Å². The van der Waals surface area contributed by atoms with Gasteiger partial charge in [-0.2, -0.15) is 0 Å². The van der Waals surface area contributed by atoms with Crippen LogP contribution < -0.4 is 5.73 Å². The van der Waals surface area contributed by atoms with Crippen molar-refractivity contribution in [3.63, 3.8) is 0 Å². The predicted molar refractivity (Wildman–Crippen MR) is 31.6 cm³/mol. The third-order valence-corrected chi connectivity index (χ3v) is 3.02. The molecule has 0 spiro atoms. The Kier molecular flexibility index (Phi) is 1.35. The molecule has 0 amide bonds. The maximum atomic E-state index is 5.40. The Balaban J connectivity index is 2.50. The van der Waals surface area contributed by atoms with Crippen LogP contribution in [0.15, 0.2) is 4.99 Å². The average molecular weight is 163 g/mol. The molecule has 1 heterocycles. The van der Waals surface area contributed by atoms with Crippen LogP contribution in [0.5, 0.6) is 0 Å². The molecule has 1 atom stereocenters. The van der Waals surface area contributed by atoms with Gasteiger partial charge in [-0.25, -0.2) is 0 Å². The third-order valence-electron chi connectivity index (χ3n) is 0.820. The van der Waals surface area contributed by atoms with Gasteiger partial charge in [0.2, 0.25) is 0 Å². The fraction of sp³-hybridized carbons (Fsp3) is 0.750.